The predicted octanol–water partition coefficient (Wildman–Crippen LogP) is 2.04. The van der Waals surface area contributed by atoms with Crippen LogP contribution in [0.5, 0.6) is 5.75 Å². The average Bonchev–Trinajstić information content (AvgIpc) is 3.01. The highest BCUT2D eigenvalue weighted by atomic mass is 16.5. The number of hydrogen-bond donors (Lipinski definition) is 1. The van der Waals surface area contributed by atoms with E-state index in [0.29, 0.717) is 0 Å². The van der Waals surface area contributed by atoms with Crippen LogP contribution in [0.3, 0.4) is 0 Å². The molecule has 0 atom stereocenters. The Morgan fingerprint density at radius 1 is 1.33 bits per heavy atom. The standard InChI is InChI=1S/C14H17N3O/c1-17-11(9-13(16-17)14(15)7-8-14)10-5-3-4-6-12(10)18-2/h3-6,9H,7-8,15H2,1-2H3. The molecule has 1 aliphatic carbocycles. The van der Waals surface area contributed by atoms with Gasteiger partial charge in [0.15, 0.2) is 0 Å². The smallest absolute Gasteiger partial charge is 0.128 e. The first-order valence-corrected chi connectivity index (χ1v) is 6.11. The van der Waals surface area contributed by atoms with Crippen molar-refractivity contribution in [3.63, 3.8) is 0 Å². The number of aromatic nitrogens is 2. The van der Waals surface area contributed by atoms with E-state index < -0.39 is 0 Å². The maximum Gasteiger partial charge on any atom is 0.128 e. The van der Waals surface area contributed by atoms with E-state index in [2.05, 4.69) is 11.2 Å². The third kappa shape index (κ3) is 1.69. The Hall–Kier alpha value is -1.81. The molecule has 1 heterocycles. The summed E-state index contributed by atoms with van der Waals surface area (Å²) < 4.78 is 7.27. The van der Waals surface area contributed by atoms with Crippen molar-refractivity contribution >= 4 is 0 Å². The van der Waals surface area contributed by atoms with Crippen molar-refractivity contribution in [2.45, 2.75) is 18.4 Å². The van der Waals surface area contributed by atoms with Crippen LogP contribution in [0.2, 0.25) is 0 Å². The van der Waals surface area contributed by atoms with Gasteiger partial charge >= 0.3 is 0 Å². The Kier molecular flexibility index (Phi) is 2.41. The molecule has 0 unspecified atom stereocenters. The van der Waals surface area contributed by atoms with Crippen LogP contribution in [-0.4, -0.2) is 16.9 Å². The average molecular weight is 243 g/mol. The largest absolute Gasteiger partial charge is 0.496 e. The Bertz CT molecular complexity index is 584. The van der Waals surface area contributed by atoms with E-state index in [9.17, 15) is 0 Å². The van der Waals surface area contributed by atoms with Gasteiger partial charge in [-0.25, -0.2) is 0 Å². The second-order valence-electron chi connectivity index (χ2n) is 4.89. The quantitative estimate of drug-likeness (QED) is 0.897. The summed E-state index contributed by atoms with van der Waals surface area (Å²) >= 11 is 0. The van der Waals surface area contributed by atoms with E-state index >= 15 is 0 Å². The second kappa shape index (κ2) is 3.85. The van der Waals surface area contributed by atoms with Gasteiger partial charge in [0.2, 0.25) is 0 Å². The Balaban J connectivity index is 2.09. The van der Waals surface area contributed by atoms with Gasteiger partial charge in [-0.1, -0.05) is 12.1 Å². The lowest BCUT2D eigenvalue weighted by molar-refractivity contribution is 0.416. The topological polar surface area (TPSA) is 53.1 Å². The fourth-order valence-corrected chi connectivity index (χ4v) is 2.21. The van der Waals surface area contributed by atoms with Crippen molar-refractivity contribution in [1.29, 1.82) is 0 Å². The molecule has 0 spiro atoms. The molecule has 4 nitrogen and oxygen atoms in total. The molecule has 1 aromatic carbocycles. The fraction of sp³-hybridized carbons (Fsp3) is 0.357. The highest BCUT2D eigenvalue weighted by molar-refractivity contribution is 5.68. The monoisotopic (exact) mass is 243 g/mol. The molecule has 1 saturated carbocycles. The van der Waals surface area contributed by atoms with Crippen molar-refractivity contribution in [2.24, 2.45) is 12.8 Å². The normalized spacial score (nSPS) is 16.6. The van der Waals surface area contributed by atoms with Crippen molar-refractivity contribution in [2.75, 3.05) is 7.11 Å². The summed E-state index contributed by atoms with van der Waals surface area (Å²) in [5.74, 6) is 0.855. The molecule has 1 aliphatic rings. The number of methoxy groups -OCH3 is 1. The molecule has 0 saturated heterocycles. The van der Waals surface area contributed by atoms with Gasteiger partial charge in [-0.15, -0.1) is 0 Å². The maximum atomic E-state index is 6.19. The summed E-state index contributed by atoms with van der Waals surface area (Å²) in [6, 6.07) is 10.0. The maximum absolute atomic E-state index is 6.19. The molecule has 0 radical (unpaired) electrons. The van der Waals surface area contributed by atoms with Crippen LogP contribution < -0.4 is 10.5 Å². The molecule has 2 N–H and O–H groups in total. The van der Waals surface area contributed by atoms with Gasteiger partial charge in [0, 0.05) is 12.6 Å². The summed E-state index contributed by atoms with van der Waals surface area (Å²) in [5.41, 5.74) is 9.06. The number of aryl methyl sites for hydroxylation is 1. The van der Waals surface area contributed by atoms with Crippen LogP contribution in [0.1, 0.15) is 18.5 Å². The molecule has 2 aromatic rings. The molecule has 3 rings (SSSR count). The van der Waals surface area contributed by atoms with Gasteiger partial charge < -0.3 is 10.5 Å². The van der Waals surface area contributed by atoms with Gasteiger partial charge in [0.25, 0.3) is 0 Å². The zero-order valence-corrected chi connectivity index (χ0v) is 10.7. The summed E-state index contributed by atoms with van der Waals surface area (Å²) in [7, 11) is 3.62. The predicted molar refractivity (Wildman–Crippen MR) is 70.3 cm³/mol. The number of nitrogens with zero attached hydrogens (tertiary/aromatic N) is 2. The molecule has 18 heavy (non-hydrogen) atoms. The lowest BCUT2D eigenvalue weighted by Crippen LogP contribution is -2.19. The lowest BCUT2D eigenvalue weighted by Gasteiger charge is -2.07. The highest BCUT2D eigenvalue weighted by Crippen LogP contribution is 2.43. The first-order chi connectivity index (χ1) is 8.64. The summed E-state index contributed by atoms with van der Waals surface area (Å²) in [6.45, 7) is 0. The van der Waals surface area contributed by atoms with E-state index in [0.717, 1.165) is 35.5 Å². The SMILES string of the molecule is COc1ccccc1-c1cc(C2(N)CC2)nn1C. The molecule has 1 aromatic heterocycles. The number of hydrogen-bond acceptors (Lipinski definition) is 3. The third-order valence-corrected chi connectivity index (χ3v) is 3.56. The molecule has 4 heteroatoms. The van der Waals surface area contributed by atoms with Crippen LogP contribution in [0.4, 0.5) is 0 Å². The van der Waals surface area contributed by atoms with Crippen molar-refractivity contribution in [1.82, 2.24) is 9.78 Å². The number of rotatable bonds is 3. The van der Waals surface area contributed by atoms with Crippen molar-refractivity contribution in [3.05, 3.63) is 36.0 Å². The van der Waals surface area contributed by atoms with Crippen LogP contribution in [0.25, 0.3) is 11.3 Å². The van der Waals surface area contributed by atoms with Crippen molar-refractivity contribution < 1.29 is 4.74 Å². The van der Waals surface area contributed by atoms with Crippen molar-refractivity contribution in [3.8, 4) is 17.0 Å². The Morgan fingerprint density at radius 2 is 2.06 bits per heavy atom. The molecule has 0 bridgehead atoms. The zero-order valence-electron chi connectivity index (χ0n) is 10.7. The number of benzene rings is 1. The first-order valence-electron chi connectivity index (χ1n) is 6.11. The van der Waals surface area contributed by atoms with Gasteiger partial charge in [-0.05, 0) is 31.0 Å². The second-order valence-corrected chi connectivity index (χ2v) is 4.89. The van der Waals surface area contributed by atoms with E-state index in [1.807, 2.05) is 36.0 Å². The fourth-order valence-electron chi connectivity index (χ4n) is 2.21. The van der Waals surface area contributed by atoms with Crippen LogP contribution in [-0.2, 0) is 12.6 Å². The minimum atomic E-state index is -0.196. The lowest BCUT2D eigenvalue weighted by atomic mass is 10.1. The van der Waals surface area contributed by atoms with Gasteiger partial charge in [0.05, 0.1) is 24.0 Å². The van der Waals surface area contributed by atoms with E-state index in [1.165, 1.54) is 0 Å². The molecular formula is C14H17N3O. The first kappa shape index (κ1) is 11.3. The van der Waals surface area contributed by atoms with Crippen LogP contribution >= 0.6 is 0 Å². The van der Waals surface area contributed by atoms with E-state index in [4.69, 9.17) is 10.5 Å². The molecule has 0 amide bonds. The van der Waals surface area contributed by atoms with Gasteiger partial charge in [-0.3, -0.25) is 4.68 Å². The van der Waals surface area contributed by atoms with Gasteiger partial charge in [-0.2, -0.15) is 5.10 Å². The minimum Gasteiger partial charge on any atom is -0.496 e. The van der Waals surface area contributed by atoms with Crippen LogP contribution in [0, 0.1) is 0 Å². The number of para-hydroxylation sites is 1. The molecular weight excluding hydrogens is 226 g/mol. The van der Waals surface area contributed by atoms with E-state index in [1.54, 1.807) is 7.11 Å². The minimum absolute atomic E-state index is 0.196. The third-order valence-electron chi connectivity index (χ3n) is 3.56. The van der Waals surface area contributed by atoms with Crippen LogP contribution in [0.15, 0.2) is 30.3 Å². The highest BCUT2D eigenvalue weighted by Gasteiger charge is 2.42. The molecule has 1 fully saturated rings. The Morgan fingerprint density at radius 3 is 2.72 bits per heavy atom. The van der Waals surface area contributed by atoms with Gasteiger partial charge in [0.1, 0.15) is 5.75 Å². The summed E-state index contributed by atoms with van der Waals surface area (Å²) in [4.78, 5) is 0. The summed E-state index contributed by atoms with van der Waals surface area (Å²) in [5, 5.41) is 4.53. The van der Waals surface area contributed by atoms with E-state index in [-0.39, 0.29) is 5.54 Å². The number of ether oxygens (including phenoxy) is 1. The summed E-state index contributed by atoms with van der Waals surface area (Å²) in [6.07, 6.45) is 2.05. The Labute approximate surface area is 106 Å². The zero-order chi connectivity index (χ0) is 12.8. The molecule has 94 valence electrons. The number of nitrogens with two attached hydrogens (primary N) is 1. The molecule has 0 aliphatic heterocycles.